The van der Waals surface area contributed by atoms with Crippen molar-refractivity contribution in [2.75, 3.05) is 0 Å². The first kappa shape index (κ1) is 15.9. The Balaban J connectivity index is 1.94. The van der Waals surface area contributed by atoms with E-state index in [0.717, 1.165) is 11.1 Å². The minimum absolute atomic E-state index is 0.0262. The summed E-state index contributed by atoms with van der Waals surface area (Å²) in [6.07, 6.45) is 1.61. The molecule has 0 fully saturated rings. The van der Waals surface area contributed by atoms with Crippen molar-refractivity contribution in [3.8, 4) is 0 Å². The van der Waals surface area contributed by atoms with Crippen LogP contribution in [0.4, 0.5) is 5.69 Å². The Hall–Kier alpha value is -2.99. The number of hydrogen-bond acceptors (Lipinski definition) is 5. The molecule has 1 aliphatic heterocycles. The topological polar surface area (TPSA) is 81.8 Å². The van der Waals surface area contributed by atoms with Crippen molar-refractivity contribution in [2.24, 2.45) is 4.99 Å². The van der Waals surface area contributed by atoms with Crippen molar-refractivity contribution in [1.29, 1.82) is 0 Å². The molecule has 0 unspecified atom stereocenters. The number of benzene rings is 2. The third-order valence-electron chi connectivity index (χ3n) is 3.40. The molecule has 0 saturated heterocycles. The normalized spacial score (nSPS) is 15.3. The Morgan fingerprint density at radius 3 is 2.54 bits per heavy atom. The minimum atomic E-state index is -0.597. The lowest BCUT2D eigenvalue weighted by molar-refractivity contribution is -0.384. The molecule has 24 heavy (non-hydrogen) atoms. The Labute approximate surface area is 142 Å². The van der Waals surface area contributed by atoms with E-state index in [1.165, 1.54) is 18.2 Å². The zero-order valence-corrected chi connectivity index (χ0v) is 13.3. The molecule has 1 aliphatic rings. The van der Waals surface area contributed by atoms with Crippen LogP contribution in [0.5, 0.6) is 0 Å². The maximum Gasteiger partial charge on any atom is 0.363 e. The highest BCUT2D eigenvalue weighted by atomic mass is 35.5. The third kappa shape index (κ3) is 3.18. The molecule has 0 amide bonds. The molecule has 0 N–H and O–H groups in total. The van der Waals surface area contributed by atoms with E-state index in [1.54, 1.807) is 6.08 Å². The van der Waals surface area contributed by atoms with Gasteiger partial charge >= 0.3 is 5.97 Å². The predicted octanol–water partition coefficient (Wildman–Crippen LogP) is 3.90. The summed E-state index contributed by atoms with van der Waals surface area (Å²) in [5, 5.41) is 10.8. The van der Waals surface area contributed by atoms with Gasteiger partial charge in [-0.25, -0.2) is 9.79 Å². The summed E-state index contributed by atoms with van der Waals surface area (Å²) in [5.41, 5.74) is 2.23. The van der Waals surface area contributed by atoms with Crippen LogP contribution in [0.15, 0.2) is 53.2 Å². The summed E-state index contributed by atoms with van der Waals surface area (Å²) >= 11 is 6.03. The monoisotopic (exact) mass is 342 g/mol. The van der Waals surface area contributed by atoms with Gasteiger partial charge in [-0.1, -0.05) is 41.4 Å². The van der Waals surface area contributed by atoms with E-state index in [2.05, 4.69) is 4.99 Å². The lowest BCUT2D eigenvalue weighted by Crippen LogP contribution is -2.06. The fraction of sp³-hybridized carbons (Fsp3) is 0.0588. The molecule has 0 atom stereocenters. The Bertz CT molecular complexity index is 901. The fourth-order valence-corrected chi connectivity index (χ4v) is 2.39. The van der Waals surface area contributed by atoms with Crippen molar-refractivity contribution in [1.82, 2.24) is 0 Å². The van der Waals surface area contributed by atoms with Crippen LogP contribution < -0.4 is 0 Å². The van der Waals surface area contributed by atoms with Gasteiger partial charge in [0.15, 0.2) is 5.70 Å². The molecule has 1 heterocycles. The molecule has 2 aromatic carbocycles. The average Bonchev–Trinajstić information content (AvgIpc) is 2.90. The van der Waals surface area contributed by atoms with Crippen molar-refractivity contribution in [3.05, 3.63) is 80.0 Å². The molecule has 7 heteroatoms. The van der Waals surface area contributed by atoms with Gasteiger partial charge in [0.25, 0.3) is 5.69 Å². The molecule has 0 aromatic heterocycles. The standard InChI is InChI=1S/C17H11ClN2O4/c1-10-2-4-11(5-3-10)8-15-17(21)24-16(19-15)13-7-6-12(20(22)23)9-14(13)18/h2-9H,1H3. The van der Waals surface area contributed by atoms with Gasteiger partial charge in [0.05, 0.1) is 15.5 Å². The maximum absolute atomic E-state index is 12.0. The summed E-state index contributed by atoms with van der Waals surface area (Å²) in [5.74, 6) is -0.571. The Morgan fingerprint density at radius 2 is 1.92 bits per heavy atom. The van der Waals surface area contributed by atoms with Crippen LogP contribution >= 0.6 is 11.6 Å². The van der Waals surface area contributed by atoms with Crippen molar-refractivity contribution in [2.45, 2.75) is 6.92 Å². The number of aliphatic imine (C=N–C) groups is 1. The van der Waals surface area contributed by atoms with Crippen molar-refractivity contribution >= 4 is 35.2 Å². The Kier molecular flexibility index (Phi) is 4.14. The number of halogens is 1. The van der Waals surface area contributed by atoms with Crippen LogP contribution in [-0.4, -0.2) is 16.8 Å². The van der Waals surface area contributed by atoms with Gasteiger partial charge < -0.3 is 4.74 Å². The Morgan fingerprint density at radius 1 is 1.21 bits per heavy atom. The van der Waals surface area contributed by atoms with Crippen LogP contribution in [0.25, 0.3) is 6.08 Å². The molecule has 0 aliphatic carbocycles. The second-order valence-electron chi connectivity index (χ2n) is 5.17. The number of nitro groups is 1. The number of ether oxygens (including phenoxy) is 1. The van der Waals surface area contributed by atoms with E-state index in [4.69, 9.17) is 16.3 Å². The summed E-state index contributed by atoms with van der Waals surface area (Å²) in [6.45, 7) is 1.97. The van der Waals surface area contributed by atoms with Gasteiger partial charge in [0.1, 0.15) is 0 Å². The first-order valence-electron chi connectivity index (χ1n) is 6.97. The highest BCUT2D eigenvalue weighted by Crippen LogP contribution is 2.27. The second kappa shape index (κ2) is 6.25. The molecule has 6 nitrogen and oxygen atoms in total. The molecule has 0 spiro atoms. The molecule has 0 bridgehead atoms. The minimum Gasteiger partial charge on any atom is -0.402 e. The van der Waals surface area contributed by atoms with Crippen LogP contribution in [0.3, 0.4) is 0 Å². The number of nitro benzene ring substituents is 1. The van der Waals surface area contributed by atoms with Crippen LogP contribution in [0, 0.1) is 17.0 Å². The molecule has 120 valence electrons. The largest absolute Gasteiger partial charge is 0.402 e. The average molecular weight is 343 g/mol. The second-order valence-corrected chi connectivity index (χ2v) is 5.58. The van der Waals surface area contributed by atoms with Crippen LogP contribution in [0.2, 0.25) is 5.02 Å². The summed E-state index contributed by atoms with van der Waals surface area (Å²) < 4.78 is 5.13. The van der Waals surface area contributed by atoms with Gasteiger partial charge in [0.2, 0.25) is 5.90 Å². The van der Waals surface area contributed by atoms with Crippen LogP contribution in [-0.2, 0) is 9.53 Å². The number of non-ortho nitro benzene ring substituents is 1. The van der Waals surface area contributed by atoms with Gasteiger partial charge in [-0.3, -0.25) is 10.1 Å². The zero-order chi connectivity index (χ0) is 17.3. The fourth-order valence-electron chi connectivity index (χ4n) is 2.14. The zero-order valence-electron chi connectivity index (χ0n) is 12.5. The predicted molar refractivity (Wildman–Crippen MR) is 89.9 cm³/mol. The number of rotatable bonds is 3. The van der Waals surface area contributed by atoms with E-state index in [9.17, 15) is 14.9 Å². The highest BCUT2D eigenvalue weighted by Gasteiger charge is 2.26. The third-order valence-corrected chi connectivity index (χ3v) is 3.71. The summed E-state index contributed by atoms with van der Waals surface area (Å²) in [4.78, 5) is 26.3. The highest BCUT2D eigenvalue weighted by molar-refractivity contribution is 6.34. The van der Waals surface area contributed by atoms with E-state index in [1.807, 2.05) is 31.2 Å². The maximum atomic E-state index is 12.0. The lowest BCUT2D eigenvalue weighted by atomic mass is 10.1. The molecule has 3 rings (SSSR count). The van der Waals surface area contributed by atoms with Gasteiger partial charge in [-0.2, -0.15) is 0 Å². The molecular weight excluding hydrogens is 332 g/mol. The number of cyclic esters (lactones) is 1. The summed E-state index contributed by atoms with van der Waals surface area (Å²) in [6, 6.07) is 11.4. The number of esters is 1. The van der Waals surface area contributed by atoms with Crippen molar-refractivity contribution < 1.29 is 14.5 Å². The number of carbonyl (C=O) groups excluding carboxylic acids is 1. The summed E-state index contributed by atoms with van der Waals surface area (Å²) in [7, 11) is 0. The van der Waals surface area contributed by atoms with E-state index in [-0.39, 0.29) is 22.3 Å². The van der Waals surface area contributed by atoms with Crippen molar-refractivity contribution in [3.63, 3.8) is 0 Å². The molecular formula is C17H11ClN2O4. The van der Waals surface area contributed by atoms with E-state index < -0.39 is 10.9 Å². The number of carbonyl (C=O) groups is 1. The molecule has 0 saturated carbocycles. The first-order valence-corrected chi connectivity index (χ1v) is 7.35. The number of hydrogen-bond donors (Lipinski definition) is 0. The van der Waals surface area contributed by atoms with Gasteiger partial charge in [-0.05, 0) is 24.6 Å². The van der Waals surface area contributed by atoms with E-state index in [0.29, 0.717) is 5.56 Å². The molecule has 2 aromatic rings. The van der Waals surface area contributed by atoms with E-state index >= 15 is 0 Å². The smallest absolute Gasteiger partial charge is 0.363 e. The molecule has 0 radical (unpaired) electrons. The number of nitrogens with zero attached hydrogens (tertiary/aromatic N) is 2. The van der Waals surface area contributed by atoms with Gasteiger partial charge in [-0.15, -0.1) is 0 Å². The SMILES string of the molecule is Cc1ccc(C=C2N=C(c3ccc([N+](=O)[O-])cc3Cl)OC2=O)cc1. The number of aryl methyl sites for hydroxylation is 1. The van der Waals surface area contributed by atoms with Crippen LogP contribution in [0.1, 0.15) is 16.7 Å². The quantitative estimate of drug-likeness (QED) is 0.366. The first-order chi connectivity index (χ1) is 11.4. The lowest BCUT2D eigenvalue weighted by Gasteiger charge is -2.02. The van der Waals surface area contributed by atoms with Gasteiger partial charge in [0, 0.05) is 12.1 Å².